The van der Waals surface area contributed by atoms with E-state index in [0.29, 0.717) is 6.54 Å². The van der Waals surface area contributed by atoms with Gasteiger partial charge in [-0.3, -0.25) is 4.79 Å². The van der Waals surface area contributed by atoms with Gasteiger partial charge in [0.05, 0.1) is 13.5 Å². The first-order valence-corrected chi connectivity index (χ1v) is 8.09. The van der Waals surface area contributed by atoms with Crippen LogP contribution in [0.2, 0.25) is 0 Å². The van der Waals surface area contributed by atoms with Gasteiger partial charge < -0.3 is 4.74 Å². The van der Waals surface area contributed by atoms with Crippen LogP contribution < -0.4 is 0 Å². The van der Waals surface area contributed by atoms with Crippen LogP contribution in [-0.4, -0.2) is 56.3 Å². The highest BCUT2D eigenvalue weighted by Gasteiger charge is 2.31. The summed E-state index contributed by atoms with van der Waals surface area (Å²) in [5.41, 5.74) is 0. The topological polar surface area (TPSA) is 66.9 Å². The van der Waals surface area contributed by atoms with Crippen molar-refractivity contribution in [2.24, 2.45) is 0 Å². The second kappa shape index (κ2) is 7.21. The summed E-state index contributed by atoms with van der Waals surface area (Å²) in [5, 5.41) is 0. The summed E-state index contributed by atoms with van der Waals surface area (Å²) < 4.78 is 32.2. The summed E-state index contributed by atoms with van der Waals surface area (Å²) in [7, 11) is -0.670. The van der Waals surface area contributed by atoms with Crippen molar-refractivity contribution in [3.8, 4) is 0 Å². The second-order valence-electron chi connectivity index (χ2n) is 4.96. The van der Waals surface area contributed by atoms with Crippen LogP contribution in [0.25, 0.3) is 0 Å². The SMILES string of the molecule is COC(=O)CCN(C)S(=O)(=O)N1CCCCCC1C. The summed E-state index contributed by atoms with van der Waals surface area (Å²) in [6, 6.07) is 0.0214. The van der Waals surface area contributed by atoms with Gasteiger partial charge >= 0.3 is 5.97 Å². The molecule has 0 aliphatic carbocycles. The predicted molar refractivity (Wildman–Crippen MR) is 72.8 cm³/mol. The van der Waals surface area contributed by atoms with Crippen LogP contribution in [0.5, 0.6) is 0 Å². The van der Waals surface area contributed by atoms with Crippen molar-refractivity contribution in [1.29, 1.82) is 0 Å². The van der Waals surface area contributed by atoms with Crippen molar-refractivity contribution in [3.63, 3.8) is 0 Å². The standard InChI is InChI=1S/C12H24N2O4S/c1-11-7-5-4-6-9-14(11)19(16,17)13(2)10-8-12(15)18-3/h11H,4-10H2,1-3H3. The fraction of sp³-hybridized carbons (Fsp3) is 0.917. The third-order valence-electron chi connectivity index (χ3n) is 3.54. The molecule has 1 aliphatic rings. The third kappa shape index (κ3) is 4.43. The molecule has 0 bridgehead atoms. The molecule has 1 rings (SSSR count). The van der Waals surface area contributed by atoms with E-state index in [1.54, 1.807) is 4.31 Å². The third-order valence-corrected chi connectivity index (χ3v) is 5.65. The number of ether oxygens (including phenoxy) is 1. The predicted octanol–water partition coefficient (Wildman–Crippen LogP) is 0.991. The van der Waals surface area contributed by atoms with E-state index in [1.807, 2.05) is 6.92 Å². The molecule has 1 unspecified atom stereocenters. The molecule has 0 amide bonds. The fourth-order valence-electron chi connectivity index (χ4n) is 2.24. The largest absolute Gasteiger partial charge is 0.469 e. The maximum atomic E-state index is 12.4. The average Bonchev–Trinajstić information content (AvgIpc) is 2.60. The van der Waals surface area contributed by atoms with Gasteiger partial charge in [-0.25, -0.2) is 0 Å². The Morgan fingerprint density at radius 3 is 2.68 bits per heavy atom. The number of nitrogens with zero attached hydrogens (tertiary/aromatic N) is 2. The molecule has 7 heteroatoms. The molecule has 0 aromatic carbocycles. The van der Waals surface area contributed by atoms with Crippen molar-refractivity contribution in [2.45, 2.75) is 45.1 Å². The van der Waals surface area contributed by atoms with Gasteiger partial charge in [0.25, 0.3) is 10.2 Å². The van der Waals surface area contributed by atoms with E-state index < -0.39 is 16.2 Å². The summed E-state index contributed by atoms with van der Waals surface area (Å²) in [6.45, 7) is 2.65. The normalized spacial score (nSPS) is 22.2. The summed E-state index contributed by atoms with van der Waals surface area (Å²) in [6.07, 6.45) is 4.01. The zero-order chi connectivity index (χ0) is 14.5. The van der Waals surface area contributed by atoms with E-state index in [2.05, 4.69) is 4.74 Å². The molecule has 1 aliphatic heterocycles. The maximum absolute atomic E-state index is 12.4. The molecule has 0 radical (unpaired) electrons. The zero-order valence-corrected chi connectivity index (χ0v) is 12.8. The molecule has 19 heavy (non-hydrogen) atoms. The fourth-order valence-corrected chi connectivity index (χ4v) is 3.84. The van der Waals surface area contributed by atoms with E-state index in [0.717, 1.165) is 25.7 Å². The first kappa shape index (κ1) is 16.4. The summed E-state index contributed by atoms with van der Waals surface area (Å²) in [4.78, 5) is 11.1. The smallest absolute Gasteiger partial charge is 0.306 e. The number of carbonyl (C=O) groups is 1. The molecule has 0 aromatic heterocycles. The Hall–Kier alpha value is -0.660. The van der Waals surface area contributed by atoms with Gasteiger partial charge in [0.1, 0.15) is 0 Å². The van der Waals surface area contributed by atoms with Crippen LogP contribution in [0, 0.1) is 0 Å². The Morgan fingerprint density at radius 1 is 1.37 bits per heavy atom. The lowest BCUT2D eigenvalue weighted by atomic mass is 10.1. The van der Waals surface area contributed by atoms with Gasteiger partial charge in [-0.05, 0) is 19.8 Å². The molecule has 112 valence electrons. The van der Waals surface area contributed by atoms with Crippen molar-refractivity contribution in [3.05, 3.63) is 0 Å². The molecule has 1 saturated heterocycles. The van der Waals surface area contributed by atoms with Crippen LogP contribution >= 0.6 is 0 Å². The van der Waals surface area contributed by atoms with Crippen molar-refractivity contribution in [1.82, 2.24) is 8.61 Å². The Labute approximate surface area is 115 Å². The molecule has 6 nitrogen and oxygen atoms in total. The van der Waals surface area contributed by atoms with E-state index in [4.69, 9.17) is 0 Å². The molecule has 0 N–H and O–H groups in total. The lowest BCUT2D eigenvalue weighted by Gasteiger charge is -2.30. The molecule has 1 atom stereocenters. The number of methoxy groups -OCH3 is 1. The highest BCUT2D eigenvalue weighted by Crippen LogP contribution is 2.21. The van der Waals surface area contributed by atoms with Crippen molar-refractivity contribution in [2.75, 3.05) is 27.2 Å². The first-order chi connectivity index (χ1) is 8.89. The number of esters is 1. The van der Waals surface area contributed by atoms with Crippen LogP contribution in [0.15, 0.2) is 0 Å². The number of hydrogen-bond acceptors (Lipinski definition) is 4. The van der Waals surface area contributed by atoms with Crippen LogP contribution in [0.1, 0.15) is 39.0 Å². The van der Waals surface area contributed by atoms with E-state index in [9.17, 15) is 13.2 Å². The highest BCUT2D eigenvalue weighted by molar-refractivity contribution is 7.86. The Morgan fingerprint density at radius 2 is 2.05 bits per heavy atom. The van der Waals surface area contributed by atoms with E-state index in [1.165, 1.54) is 18.5 Å². The molecule has 0 spiro atoms. The molecule has 1 fully saturated rings. The molecular weight excluding hydrogens is 268 g/mol. The minimum absolute atomic E-state index is 0.0214. The molecule has 1 heterocycles. The Bertz CT molecular complexity index is 397. The van der Waals surface area contributed by atoms with Crippen molar-refractivity contribution >= 4 is 16.2 Å². The number of hydrogen-bond donors (Lipinski definition) is 0. The first-order valence-electron chi connectivity index (χ1n) is 6.69. The lowest BCUT2D eigenvalue weighted by Crippen LogP contribution is -2.46. The van der Waals surface area contributed by atoms with Gasteiger partial charge in [-0.1, -0.05) is 12.8 Å². The minimum atomic E-state index is -3.48. The van der Waals surface area contributed by atoms with Gasteiger partial charge in [-0.2, -0.15) is 17.0 Å². The van der Waals surface area contributed by atoms with Crippen LogP contribution in [-0.2, 0) is 19.7 Å². The summed E-state index contributed by atoms with van der Waals surface area (Å²) in [5.74, 6) is -0.397. The zero-order valence-electron chi connectivity index (χ0n) is 12.0. The average molecular weight is 292 g/mol. The molecular formula is C12H24N2O4S. The summed E-state index contributed by atoms with van der Waals surface area (Å²) >= 11 is 0. The lowest BCUT2D eigenvalue weighted by molar-refractivity contribution is -0.140. The highest BCUT2D eigenvalue weighted by atomic mass is 32.2. The monoisotopic (exact) mass is 292 g/mol. The Kier molecular flexibility index (Phi) is 6.22. The van der Waals surface area contributed by atoms with E-state index in [-0.39, 0.29) is 19.0 Å². The van der Waals surface area contributed by atoms with Gasteiger partial charge in [-0.15, -0.1) is 0 Å². The van der Waals surface area contributed by atoms with Gasteiger partial charge in [0, 0.05) is 26.2 Å². The van der Waals surface area contributed by atoms with Gasteiger partial charge in [0.15, 0.2) is 0 Å². The van der Waals surface area contributed by atoms with Gasteiger partial charge in [0.2, 0.25) is 0 Å². The van der Waals surface area contributed by atoms with Crippen molar-refractivity contribution < 1.29 is 17.9 Å². The molecule has 0 saturated carbocycles. The number of rotatable bonds is 5. The van der Waals surface area contributed by atoms with Crippen LogP contribution in [0.3, 0.4) is 0 Å². The maximum Gasteiger partial charge on any atom is 0.306 e. The quantitative estimate of drug-likeness (QED) is 0.709. The number of carbonyl (C=O) groups excluding carboxylic acids is 1. The van der Waals surface area contributed by atoms with E-state index >= 15 is 0 Å². The minimum Gasteiger partial charge on any atom is -0.469 e. The van der Waals surface area contributed by atoms with Crippen LogP contribution in [0.4, 0.5) is 0 Å². The molecule has 0 aromatic rings. The second-order valence-corrected chi connectivity index (χ2v) is 6.95. The Balaban J connectivity index is 2.69.